The molecular formula is C23H29N3O3. The fourth-order valence-electron chi connectivity index (χ4n) is 4.74. The summed E-state index contributed by atoms with van der Waals surface area (Å²) in [5.41, 5.74) is 2.07. The van der Waals surface area contributed by atoms with Crippen molar-refractivity contribution in [1.82, 2.24) is 14.8 Å². The summed E-state index contributed by atoms with van der Waals surface area (Å²) >= 11 is 0. The summed E-state index contributed by atoms with van der Waals surface area (Å²) in [4.78, 5) is 22.0. The molecule has 0 saturated carbocycles. The van der Waals surface area contributed by atoms with Gasteiger partial charge in [-0.3, -0.25) is 14.7 Å². The Morgan fingerprint density at radius 3 is 2.59 bits per heavy atom. The second-order valence-electron chi connectivity index (χ2n) is 8.25. The number of methoxy groups -OCH3 is 2. The third-order valence-electron chi connectivity index (χ3n) is 6.19. The van der Waals surface area contributed by atoms with Gasteiger partial charge in [0, 0.05) is 55.6 Å². The van der Waals surface area contributed by atoms with E-state index in [0.29, 0.717) is 17.1 Å². The minimum Gasteiger partial charge on any atom is -0.497 e. The van der Waals surface area contributed by atoms with Crippen molar-refractivity contribution in [1.29, 1.82) is 0 Å². The van der Waals surface area contributed by atoms with E-state index in [1.54, 1.807) is 32.4 Å². The molecule has 0 aliphatic carbocycles. The Hall–Kier alpha value is -2.60. The molecule has 3 heterocycles. The van der Waals surface area contributed by atoms with E-state index >= 15 is 0 Å². The number of hydrogen-bond donors (Lipinski definition) is 0. The average molecular weight is 396 g/mol. The summed E-state index contributed by atoms with van der Waals surface area (Å²) in [7, 11) is 3.21. The first kappa shape index (κ1) is 19.7. The molecule has 0 bridgehead atoms. The van der Waals surface area contributed by atoms with E-state index in [1.165, 1.54) is 12.0 Å². The first-order chi connectivity index (χ1) is 14.1. The molecule has 2 aliphatic heterocycles. The van der Waals surface area contributed by atoms with Gasteiger partial charge in [0.25, 0.3) is 5.91 Å². The summed E-state index contributed by atoms with van der Waals surface area (Å²) in [6.45, 7) is 4.66. The predicted molar refractivity (Wildman–Crippen MR) is 111 cm³/mol. The highest BCUT2D eigenvalue weighted by molar-refractivity contribution is 5.95. The number of likely N-dealkylation sites (tertiary alicyclic amines) is 2. The van der Waals surface area contributed by atoms with Crippen molar-refractivity contribution in [2.75, 3.05) is 40.4 Å². The Bertz CT molecular complexity index is 835. The number of rotatable bonds is 5. The molecule has 2 aliphatic rings. The van der Waals surface area contributed by atoms with Crippen LogP contribution in [-0.4, -0.2) is 61.1 Å². The smallest absolute Gasteiger partial charge is 0.254 e. The maximum atomic E-state index is 13.2. The molecule has 1 amide bonds. The number of nitrogens with zero attached hydrogens (tertiary/aromatic N) is 3. The third kappa shape index (κ3) is 4.37. The second-order valence-corrected chi connectivity index (χ2v) is 8.25. The van der Waals surface area contributed by atoms with Gasteiger partial charge in [0.1, 0.15) is 11.5 Å². The van der Waals surface area contributed by atoms with Crippen LogP contribution in [0.15, 0.2) is 42.7 Å². The van der Waals surface area contributed by atoms with E-state index in [9.17, 15) is 4.79 Å². The first-order valence-electron chi connectivity index (χ1n) is 10.2. The number of carbonyl (C=O) groups is 1. The lowest BCUT2D eigenvalue weighted by Gasteiger charge is -2.40. The van der Waals surface area contributed by atoms with Crippen molar-refractivity contribution in [3.05, 3.63) is 53.9 Å². The van der Waals surface area contributed by atoms with Crippen LogP contribution in [0.1, 0.15) is 35.2 Å². The van der Waals surface area contributed by atoms with Gasteiger partial charge in [-0.1, -0.05) is 6.07 Å². The Morgan fingerprint density at radius 2 is 1.90 bits per heavy atom. The molecule has 2 aromatic rings. The van der Waals surface area contributed by atoms with E-state index in [2.05, 4.69) is 16.0 Å². The van der Waals surface area contributed by atoms with Gasteiger partial charge in [0.15, 0.2) is 0 Å². The lowest BCUT2D eigenvalue weighted by molar-refractivity contribution is 0.0526. The minimum atomic E-state index is 0.0620. The predicted octanol–water partition coefficient (Wildman–Crippen LogP) is 3.23. The van der Waals surface area contributed by atoms with Crippen LogP contribution in [0.3, 0.4) is 0 Å². The summed E-state index contributed by atoms with van der Waals surface area (Å²) in [6, 6.07) is 9.52. The Morgan fingerprint density at radius 1 is 1.10 bits per heavy atom. The fraction of sp³-hybridized carbons (Fsp3) is 0.478. The topological polar surface area (TPSA) is 54.9 Å². The number of hydrogen-bond acceptors (Lipinski definition) is 5. The van der Waals surface area contributed by atoms with E-state index < -0.39 is 0 Å². The van der Waals surface area contributed by atoms with Crippen LogP contribution >= 0.6 is 0 Å². The Balaban J connectivity index is 1.45. The lowest BCUT2D eigenvalue weighted by atomic mass is 9.79. The highest BCUT2D eigenvalue weighted by Crippen LogP contribution is 2.40. The summed E-state index contributed by atoms with van der Waals surface area (Å²) in [5, 5.41) is 0. The molecule has 154 valence electrons. The zero-order valence-electron chi connectivity index (χ0n) is 17.3. The molecule has 2 fully saturated rings. The molecule has 1 aromatic carbocycles. The van der Waals surface area contributed by atoms with Gasteiger partial charge in [0.2, 0.25) is 0 Å². The Kier molecular flexibility index (Phi) is 5.72. The fourth-order valence-corrected chi connectivity index (χ4v) is 4.74. The molecule has 6 heteroatoms. The van der Waals surface area contributed by atoms with Crippen LogP contribution < -0.4 is 9.47 Å². The van der Waals surface area contributed by atoms with Gasteiger partial charge in [0.05, 0.1) is 14.2 Å². The van der Waals surface area contributed by atoms with E-state index in [-0.39, 0.29) is 11.3 Å². The molecule has 4 rings (SSSR count). The molecule has 1 aromatic heterocycles. The molecule has 2 saturated heterocycles. The molecule has 1 spiro atoms. The van der Waals surface area contributed by atoms with Crippen molar-refractivity contribution in [3.63, 3.8) is 0 Å². The minimum absolute atomic E-state index is 0.0620. The molecule has 0 N–H and O–H groups in total. The maximum Gasteiger partial charge on any atom is 0.254 e. The van der Waals surface area contributed by atoms with Gasteiger partial charge in [-0.15, -0.1) is 0 Å². The van der Waals surface area contributed by atoms with Gasteiger partial charge in [-0.2, -0.15) is 0 Å². The van der Waals surface area contributed by atoms with Crippen LogP contribution in [0.2, 0.25) is 0 Å². The highest BCUT2D eigenvalue weighted by Gasteiger charge is 2.42. The zero-order chi connectivity index (χ0) is 20.3. The number of amides is 1. The van der Waals surface area contributed by atoms with Crippen LogP contribution in [0.25, 0.3) is 0 Å². The molecule has 6 nitrogen and oxygen atoms in total. The van der Waals surface area contributed by atoms with Crippen molar-refractivity contribution in [2.24, 2.45) is 5.41 Å². The van der Waals surface area contributed by atoms with Gasteiger partial charge < -0.3 is 14.4 Å². The van der Waals surface area contributed by atoms with Crippen LogP contribution in [0, 0.1) is 5.41 Å². The molecule has 0 radical (unpaired) electrons. The average Bonchev–Trinajstić information content (AvgIpc) is 3.14. The quantitative estimate of drug-likeness (QED) is 0.778. The van der Waals surface area contributed by atoms with E-state index in [0.717, 1.165) is 45.6 Å². The highest BCUT2D eigenvalue weighted by atomic mass is 16.5. The molecule has 29 heavy (non-hydrogen) atoms. The number of aromatic nitrogens is 1. The van der Waals surface area contributed by atoms with Crippen LogP contribution in [0.4, 0.5) is 0 Å². The summed E-state index contributed by atoms with van der Waals surface area (Å²) in [5.74, 6) is 1.35. The molecule has 0 unspecified atom stereocenters. The first-order valence-corrected chi connectivity index (χ1v) is 10.2. The van der Waals surface area contributed by atoms with Gasteiger partial charge in [-0.25, -0.2) is 0 Å². The number of ether oxygens (including phenoxy) is 2. The third-order valence-corrected chi connectivity index (χ3v) is 6.19. The lowest BCUT2D eigenvalue weighted by Crippen LogP contribution is -2.47. The van der Waals surface area contributed by atoms with Crippen molar-refractivity contribution in [2.45, 2.75) is 25.8 Å². The van der Waals surface area contributed by atoms with Crippen molar-refractivity contribution >= 4 is 5.91 Å². The Labute approximate surface area is 172 Å². The van der Waals surface area contributed by atoms with Crippen molar-refractivity contribution < 1.29 is 14.3 Å². The normalized spacial score (nSPS) is 22.1. The van der Waals surface area contributed by atoms with Gasteiger partial charge >= 0.3 is 0 Å². The monoisotopic (exact) mass is 395 g/mol. The second kappa shape index (κ2) is 8.41. The summed E-state index contributed by atoms with van der Waals surface area (Å²) in [6.07, 6.45) is 7.12. The number of piperidine rings is 1. The largest absolute Gasteiger partial charge is 0.497 e. The van der Waals surface area contributed by atoms with Crippen LogP contribution in [0.5, 0.6) is 11.5 Å². The molecular weight excluding hydrogens is 366 g/mol. The number of pyridine rings is 1. The van der Waals surface area contributed by atoms with E-state index in [4.69, 9.17) is 9.47 Å². The van der Waals surface area contributed by atoms with Gasteiger partial charge in [-0.05, 0) is 49.6 Å². The van der Waals surface area contributed by atoms with Crippen molar-refractivity contribution in [3.8, 4) is 11.5 Å². The number of carbonyl (C=O) groups excluding carboxylic acids is 1. The SMILES string of the molecule is COc1cc(OC)cc(C(=O)N2CCC[C@@]3(CCN(Cc4cccnc4)C3)C2)c1. The van der Waals surface area contributed by atoms with E-state index in [1.807, 2.05) is 23.4 Å². The zero-order valence-corrected chi connectivity index (χ0v) is 17.3. The standard InChI is InChI=1S/C23H29N3O3/c1-28-20-11-19(12-21(13-20)29-2)22(27)26-9-4-6-23(17-26)7-10-25(16-23)15-18-5-3-8-24-14-18/h3,5,8,11-14H,4,6-7,9-10,15-17H2,1-2H3/t23-/m0/s1. The summed E-state index contributed by atoms with van der Waals surface area (Å²) < 4.78 is 10.7. The number of benzene rings is 1. The molecule has 1 atom stereocenters. The maximum absolute atomic E-state index is 13.2. The van der Waals surface area contributed by atoms with Crippen LogP contribution in [-0.2, 0) is 6.54 Å².